The molecule has 0 fully saturated rings. The molecule has 0 amide bonds. The first-order valence-corrected chi connectivity index (χ1v) is 7.15. The molecule has 4 nitrogen and oxygen atoms in total. The van der Waals surface area contributed by atoms with Gasteiger partial charge < -0.3 is 4.74 Å². The largest absolute Gasteiger partial charge is 0.497 e. The second-order valence-electron chi connectivity index (χ2n) is 4.37. The molecule has 3 rings (SSSR count). The van der Waals surface area contributed by atoms with Crippen molar-refractivity contribution in [1.29, 1.82) is 0 Å². The maximum atomic E-state index is 5.15. The van der Waals surface area contributed by atoms with Crippen molar-refractivity contribution >= 4 is 15.9 Å². The highest BCUT2D eigenvalue weighted by Gasteiger charge is 2.06. The Morgan fingerprint density at radius 3 is 1.86 bits per heavy atom. The molecule has 3 aromatic rings. The molecule has 0 saturated heterocycles. The van der Waals surface area contributed by atoms with Gasteiger partial charge in [-0.2, -0.15) is 0 Å². The number of nitrogens with zero attached hydrogens (tertiary/aromatic N) is 3. The highest BCUT2D eigenvalue weighted by atomic mass is 79.9. The zero-order valence-electron chi connectivity index (χ0n) is 11.3. The molecule has 0 unspecified atom stereocenters. The van der Waals surface area contributed by atoms with Crippen molar-refractivity contribution in [2.75, 3.05) is 7.11 Å². The Balaban J connectivity index is 1.97. The van der Waals surface area contributed by atoms with Gasteiger partial charge in [-0.05, 0) is 36.4 Å². The van der Waals surface area contributed by atoms with Crippen LogP contribution in [0.25, 0.3) is 22.8 Å². The SMILES string of the molecule is COc1ccc(-c2ncnc(-c3ccc(Br)cc3)n2)cc1. The molecular weight excluding hydrogens is 330 g/mol. The highest BCUT2D eigenvalue weighted by Crippen LogP contribution is 2.22. The van der Waals surface area contributed by atoms with E-state index in [1.807, 2.05) is 48.5 Å². The standard InChI is InChI=1S/C16H12BrN3O/c1-21-14-8-4-12(5-9-14)16-19-10-18-15(20-16)11-2-6-13(17)7-3-11/h2-10H,1H3. The number of hydrogen-bond donors (Lipinski definition) is 0. The number of rotatable bonds is 3. The number of hydrogen-bond acceptors (Lipinski definition) is 4. The van der Waals surface area contributed by atoms with Crippen LogP contribution in [0.2, 0.25) is 0 Å². The minimum atomic E-state index is 0.644. The van der Waals surface area contributed by atoms with E-state index in [2.05, 4.69) is 30.9 Å². The van der Waals surface area contributed by atoms with Gasteiger partial charge in [0.25, 0.3) is 0 Å². The molecule has 1 aromatic heterocycles. The van der Waals surface area contributed by atoms with E-state index >= 15 is 0 Å². The van der Waals surface area contributed by atoms with Crippen LogP contribution in [0.5, 0.6) is 5.75 Å². The molecule has 0 aliphatic heterocycles. The fourth-order valence-corrected chi connectivity index (χ4v) is 2.18. The summed E-state index contributed by atoms with van der Waals surface area (Å²) < 4.78 is 6.18. The molecule has 21 heavy (non-hydrogen) atoms. The normalized spacial score (nSPS) is 10.4. The van der Waals surface area contributed by atoms with Gasteiger partial charge in [-0.3, -0.25) is 0 Å². The average molecular weight is 342 g/mol. The van der Waals surface area contributed by atoms with Gasteiger partial charge in [0.1, 0.15) is 12.1 Å². The molecule has 0 spiro atoms. The lowest BCUT2D eigenvalue weighted by molar-refractivity contribution is 0.415. The van der Waals surface area contributed by atoms with E-state index in [0.29, 0.717) is 11.6 Å². The Morgan fingerprint density at radius 2 is 1.33 bits per heavy atom. The van der Waals surface area contributed by atoms with Crippen molar-refractivity contribution in [3.63, 3.8) is 0 Å². The fraction of sp³-hybridized carbons (Fsp3) is 0.0625. The van der Waals surface area contributed by atoms with Gasteiger partial charge in [-0.15, -0.1) is 0 Å². The molecule has 0 atom stereocenters. The van der Waals surface area contributed by atoms with Crippen LogP contribution in [0.1, 0.15) is 0 Å². The minimum absolute atomic E-state index is 0.644. The predicted octanol–water partition coefficient (Wildman–Crippen LogP) is 3.98. The molecule has 5 heteroatoms. The summed E-state index contributed by atoms with van der Waals surface area (Å²) in [4.78, 5) is 13.0. The van der Waals surface area contributed by atoms with Crippen molar-refractivity contribution in [1.82, 2.24) is 15.0 Å². The van der Waals surface area contributed by atoms with Crippen molar-refractivity contribution in [2.45, 2.75) is 0 Å². The summed E-state index contributed by atoms with van der Waals surface area (Å²) in [5.74, 6) is 2.11. The Hall–Kier alpha value is -2.27. The summed E-state index contributed by atoms with van der Waals surface area (Å²) in [6, 6.07) is 15.5. The van der Waals surface area contributed by atoms with Gasteiger partial charge in [0.05, 0.1) is 7.11 Å². The quantitative estimate of drug-likeness (QED) is 0.722. The van der Waals surface area contributed by atoms with E-state index in [4.69, 9.17) is 4.74 Å². The molecule has 0 radical (unpaired) electrons. The molecule has 2 aromatic carbocycles. The smallest absolute Gasteiger partial charge is 0.163 e. The Kier molecular flexibility index (Phi) is 3.92. The molecule has 0 aliphatic rings. The van der Waals surface area contributed by atoms with Crippen molar-refractivity contribution in [2.24, 2.45) is 0 Å². The van der Waals surface area contributed by atoms with Crippen LogP contribution in [-0.4, -0.2) is 22.1 Å². The maximum Gasteiger partial charge on any atom is 0.163 e. The summed E-state index contributed by atoms with van der Waals surface area (Å²) >= 11 is 3.42. The van der Waals surface area contributed by atoms with Crippen LogP contribution >= 0.6 is 15.9 Å². The molecule has 0 saturated carbocycles. The number of aromatic nitrogens is 3. The maximum absolute atomic E-state index is 5.15. The van der Waals surface area contributed by atoms with Crippen LogP contribution < -0.4 is 4.74 Å². The molecule has 1 heterocycles. The topological polar surface area (TPSA) is 47.9 Å². The highest BCUT2D eigenvalue weighted by molar-refractivity contribution is 9.10. The van der Waals surface area contributed by atoms with Crippen molar-refractivity contribution < 1.29 is 4.74 Å². The van der Waals surface area contributed by atoms with Crippen LogP contribution in [0, 0.1) is 0 Å². The number of benzene rings is 2. The van der Waals surface area contributed by atoms with E-state index in [1.54, 1.807) is 7.11 Å². The van der Waals surface area contributed by atoms with E-state index < -0.39 is 0 Å². The zero-order valence-corrected chi connectivity index (χ0v) is 12.9. The lowest BCUT2D eigenvalue weighted by atomic mass is 10.2. The lowest BCUT2D eigenvalue weighted by Gasteiger charge is -2.04. The van der Waals surface area contributed by atoms with Gasteiger partial charge in [-0.25, -0.2) is 15.0 Å². The summed E-state index contributed by atoms with van der Waals surface area (Å²) in [5.41, 5.74) is 1.88. The van der Waals surface area contributed by atoms with Gasteiger partial charge in [0.2, 0.25) is 0 Å². The average Bonchev–Trinajstić information content (AvgIpc) is 2.56. The Bertz CT molecular complexity index is 742. The van der Waals surface area contributed by atoms with E-state index in [0.717, 1.165) is 21.3 Å². The lowest BCUT2D eigenvalue weighted by Crippen LogP contribution is -1.95. The Morgan fingerprint density at radius 1 is 0.810 bits per heavy atom. The second-order valence-corrected chi connectivity index (χ2v) is 5.28. The molecule has 0 aliphatic carbocycles. The van der Waals surface area contributed by atoms with E-state index in [1.165, 1.54) is 6.33 Å². The van der Waals surface area contributed by atoms with Crippen LogP contribution in [-0.2, 0) is 0 Å². The van der Waals surface area contributed by atoms with Crippen molar-refractivity contribution in [3.8, 4) is 28.5 Å². The second kappa shape index (κ2) is 6.01. The number of methoxy groups -OCH3 is 1. The van der Waals surface area contributed by atoms with Gasteiger partial charge >= 0.3 is 0 Å². The van der Waals surface area contributed by atoms with E-state index in [9.17, 15) is 0 Å². The third-order valence-corrected chi connectivity index (χ3v) is 3.55. The van der Waals surface area contributed by atoms with Gasteiger partial charge in [-0.1, -0.05) is 28.1 Å². The number of halogens is 1. The first kappa shape index (κ1) is 13.7. The van der Waals surface area contributed by atoms with Crippen LogP contribution in [0.3, 0.4) is 0 Å². The molecule has 0 N–H and O–H groups in total. The summed E-state index contributed by atoms with van der Waals surface area (Å²) in [6.07, 6.45) is 1.53. The first-order chi connectivity index (χ1) is 10.3. The molecule has 0 bridgehead atoms. The molecule has 104 valence electrons. The van der Waals surface area contributed by atoms with Gasteiger partial charge in [0.15, 0.2) is 11.6 Å². The monoisotopic (exact) mass is 341 g/mol. The van der Waals surface area contributed by atoms with Crippen LogP contribution in [0.15, 0.2) is 59.3 Å². The van der Waals surface area contributed by atoms with Crippen molar-refractivity contribution in [3.05, 3.63) is 59.3 Å². The minimum Gasteiger partial charge on any atom is -0.497 e. The summed E-state index contributed by atoms with van der Waals surface area (Å²) in [6.45, 7) is 0. The van der Waals surface area contributed by atoms with Gasteiger partial charge in [0, 0.05) is 15.6 Å². The third kappa shape index (κ3) is 3.08. The first-order valence-electron chi connectivity index (χ1n) is 6.35. The number of ether oxygens (including phenoxy) is 1. The predicted molar refractivity (Wildman–Crippen MR) is 85.0 cm³/mol. The zero-order chi connectivity index (χ0) is 14.7. The Labute approximate surface area is 131 Å². The summed E-state index contributed by atoms with van der Waals surface area (Å²) in [5, 5.41) is 0. The molecular formula is C16H12BrN3O. The van der Waals surface area contributed by atoms with Crippen LogP contribution in [0.4, 0.5) is 0 Å². The third-order valence-electron chi connectivity index (χ3n) is 3.02. The summed E-state index contributed by atoms with van der Waals surface area (Å²) in [7, 11) is 1.64. The van der Waals surface area contributed by atoms with E-state index in [-0.39, 0.29) is 0 Å². The fourth-order valence-electron chi connectivity index (χ4n) is 1.91.